The van der Waals surface area contributed by atoms with Crippen molar-refractivity contribution in [2.45, 2.75) is 44.8 Å². The number of nitrogens with zero attached hydrogens (tertiary/aromatic N) is 2. The smallest absolute Gasteiger partial charge is 0.0667 e. The van der Waals surface area contributed by atoms with Crippen LogP contribution in [0.4, 0.5) is 0 Å². The summed E-state index contributed by atoms with van der Waals surface area (Å²) < 4.78 is 0. The summed E-state index contributed by atoms with van der Waals surface area (Å²) in [4.78, 5) is 5.03. The van der Waals surface area contributed by atoms with Crippen molar-refractivity contribution in [2.75, 3.05) is 32.7 Å². The number of hydrogen-bond donors (Lipinski definition) is 1. The van der Waals surface area contributed by atoms with E-state index in [0.717, 1.165) is 38.5 Å². The SMILES string of the molecule is CCCC(O)CN1CCN(C2CC2)CC1. The highest BCUT2D eigenvalue weighted by atomic mass is 16.3. The van der Waals surface area contributed by atoms with Crippen molar-refractivity contribution < 1.29 is 5.11 Å². The summed E-state index contributed by atoms with van der Waals surface area (Å²) in [6, 6.07) is 0.910. The van der Waals surface area contributed by atoms with Crippen LogP contribution in [-0.2, 0) is 0 Å². The molecule has 1 unspecified atom stereocenters. The Kier molecular flexibility index (Phi) is 4.00. The number of aliphatic hydroxyl groups is 1. The van der Waals surface area contributed by atoms with E-state index >= 15 is 0 Å². The molecule has 2 aliphatic rings. The van der Waals surface area contributed by atoms with Crippen LogP contribution in [0.15, 0.2) is 0 Å². The van der Waals surface area contributed by atoms with Crippen LogP contribution >= 0.6 is 0 Å². The maximum absolute atomic E-state index is 9.73. The quantitative estimate of drug-likeness (QED) is 0.734. The molecule has 1 saturated carbocycles. The molecule has 2 rings (SSSR count). The van der Waals surface area contributed by atoms with Gasteiger partial charge in [0.15, 0.2) is 0 Å². The van der Waals surface area contributed by atoms with Crippen LogP contribution < -0.4 is 0 Å². The molecule has 1 heterocycles. The van der Waals surface area contributed by atoms with Gasteiger partial charge in [-0.25, -0.2) is 0 Å². The molecule has 0 spiro atoms. The van der Waals surface area contributed by atoms with E-state index in [1.165, 1.54) is 25.9 Å². The Morgan fingerprint density at radius 3 is 2.40 bits per heavy atom. The zero-order valence-corrected chi connectivity index (χ0v) is 9.86. The van der Waals surface area contributed by atoms with Gasteiger partial charge >= 0.3 is 0 Å². The Labute approximate surface area is 93.1 Å². The maximum atomic E-state index is 9.73. The molecule has 1 aliphatic carbocycles. The molecule has 0 radical (unpaired) electrons. The first-order valence-electron chi connectivity index (χ1n) is 6.44. The van der Waals surface area contributed by atoms with Gasteiger partial charge in [-0.3, -0.25) is 9.80 Å². The van der Waals surface area contributed by atoms with Crippen molar-refractivity contribution >= 4 is 0 Å². The zero-order chi connectivity index (χ0) is 10.7. The summed E-state index contributed by atoms with van der Waals surface area (Å²) in [6.07, 6.45) is 4.76. The van der Waals surface area contributed by atoms with Gasteiger partial charge in [-0.05, 0) is 19.3 Å². The Hall–Kier alpha value is -0.120. The Bertz CT molecular complexity index is 186. The number of rotatable bonds is 5. The standard InChI is InChI=1S/C12H24N2O/c1-2-3-12(15)10-13-6-8-14(9-7-13)11-4-5-11/h11-12,15H,2-10H2,1H3. The maximum Gasteiger partial charge on any atom is 0.0667 e. The molecule has 1 N–H and O–H groups in total. The highest BCUT2D eigenvalue weighted by Crippen LogP contribution is 2.27. The Morgan fingerprint density at radius 2 is 1.87 bits per heavy atom. The van der Waals surface area contributed by atoms with E-state index in [4.69, 9.17) is 0 Å². The van der Waals surface area contributed by atoms with E-state index in [2.05, 4.69) is 16.7 Å². The second kappa shape index (κ2) is 5.28. The van der Waals surface area contributed by atoms with Crippen LogP contribution in [0.3, 0.4) is 0 Å². The molecule has 3 heteroatoms. The largest absolute Gasteiger partial charge is 0.392 e. The fraction of sp³-hybridized carbons (Fsp3) is 1.00. The van der Waals surface area contributed by atoms with E-state index in [0.29, 0.717) is 0 Å². The van der Waals surface area contributed by atoms with Gasteiger partial charge in [0.2, 0.25) is 0 Å². The third-order valence-corrected chi connectivity index (χ3v) is 3.56. The molecule has 0 bridgehead atoms. The molecule has 3 nitrogen and oxygen atoms in total. The third kappa shape index (κ3) is 3.44. The molecule has 88 valence electrons. The molecular weight excluding hydrogens is 188 g/mol. The van der Waals surface area contributed by atoms with Crippen molar-refractivity contribution in [3.05, 3.63) is 0 Å². The lowest BCUT2D eigenvalue weighted by atomic mass is 10.2. The van der Waals surface area contributed by atoms with Crippen molar-refractivity contribution in [3.8, 4) is 0 Å². The van der Waals surface area contributed by atoms with E-state index in [1.807, 2.05) is 0 Å². The molecule has 1 aliphatic heterocycles. The first-order chi connectivity index (χ1) is 7.29. The second-order valence-corrected chi connectivity index (χ2v) is 5.01. The average molecular weight is 212 g/mol. The second-order valence-electron chi connectivity index (χ2n) is 5.01. The molecule has 1 atom stereocenters. The van der Waals surface area contributed by atoms with Crippen LogP contribution in [-0.4, -0.2) is 59.8 Å². The van der Waals surface area contributed by atoms with Gasteiger partial charge in [-0.1, -0.05) is 13.3 Å². The van der Waals surface area contributed by atoms with Crippen LogP contribution in [0.2, 0.25) is 0 Å². The Balaban J connectivity index is 1.64. The van der Waals surface area contributed by atoms with E-state index in [-0.39, 0.29) is 6.10 Å². The topological polar surface area (TPSA) is 26.7 Å². The average Bonchev–Trinajstić information content (AvgIpc) is 3.03. The van der Waals surface area contributed by atoms with Crippen molar-refractivity contribution in [2.24, 2.45) is 0 Å². The number of β-amino-alcohol motifs (C(OH)–C–C–N with tert-alkyl or cyclic N) is 1. The molecule has 1 saturated heterocycles. The molecule has 0 amide bonds. The first kappa shape index (κ1) is 11.4. The highest BCUT2D eigenvalue weighted by molar-refractivity contribution is 4.87. The van der Waals surface area contributed by atoms with E-state index in [9.17, 15) is 5.11 Å². The lowest BCUT2D eigenvalue weighted by Gasteiger charge is -2.35. The lowest BCUT2D eigenvalue weighted by Crippen LogP contribution is -2.49. The predicted molar refractivity (Wildman–Crippen MR) is 61.9 cm³/mol. The fourth-order valence-electron chi connectivity index (χ4n) is 2.47. The zero-order valence-electron chi connectivity index (χ0n) is 9.86. The number of piperazine rings is 1. The highest BCUT2D eigenvalue weighted by Gasteiger charge is 2.31. The van der Waals surface area contributed by atoms with Crippen molar-refractivity contribution in [1.29, 1.82) is 0 Å². The normalized spacial score (nSPS) is 26.8. The van der Waals surface area contributed by atoms with Crippen molar-refractivity contribution in [1.82, 2.24) is 9.80 Å². The van der Waals surface area contributed by atoms with Gasteiger partial charge in [-0.15, -0.1) is 0 Å². The summed E-state index contributed by atoms with van der Waals surface area (Å²) in [5, 5.41) is 9.73. The first-order valence-corrected chi connectivity index (χ1v) is 6.44. The summed E-state index contributed by atoms with van der Waals surface area (Å²) in [5.41, 5.74) is 0. The molecule has 0 aromatic carbocycles. The van der Waals surface area contributed by atoms with Gasteiger partial charge in [0, 0.05) is 38.8 Å². The minimum absolute atomic E-state index is 0.109. The minimum Gasteiger partial charge on any atom is -0.392 e. The van der Waals surface area contributed by atoms with E-state index < -0.39 is 0 Å². The summed E-state index contributed by atoms with van der Waals surface area (Å²) in [6.45, 7) is 7.74. The fourth-order valence-corrected chi connectivity index (χ4v) is 2.47. The van der Waals surface area contributed by atoms with Gasteiger partial charge < -0.3 is 5.11 Å². The molecule has 0 aromatic rings. The van der Waals surface area contributed by atoms with Crippen LogP contribution in [0.5, 0.6) is 0 Å². The van der Waals surface area contributed by atoms with Gasteiger partial charge in [0.05, 0.1) is 6.10 Å². The van der Waals surface area contributed by atoms with Gasteiger partial charge in [-0.2, -0.15) is 0 Å². The molecular formula is C12H24N2O. The minimum atomic E-state index is -0.109. The lowest BCUT2D eigenvalue weighted by molar-refractivity contribution is 0.0660. The van der Waals surface area contributed by atoms with Crippen molar-refractivity contribution in [3.63, 3.8) is 0 Å². The van der Waals surface area contributed by atoms with Crippen LogP contribution in [0, 0.1) is 0 Å². The Morgan fingerprint density at radius 1 is 1.20 bits per heavy atom. The van der Waals surface area contributed by atoms with Crippen LogP contribution in [0.1, 0.15) is 32.6 Å². The number of hydrogen-bond acceptors (Lipinski definition) is 3. The summed E-state index contributed by atoms with van der Waals surface area (Å²) >= 11 is 0. The predicted octanol–water partition coefficient (Wildman–Crippen LogP) is 0.927. The number of aliphatic hydroxyl groups excluding tert-OH is 1. The summed E-state index contributed by atoms with van der Waals surface area (Å²) in [7, 11) is 0. The summed E-state index contributed by atoms with van der Waals surface area (Å²) in [5.74, 6) is 0. The molecule has 0 aromatic heterocycles. The monoisotopic (exact) mass is 212 g/mol. The van der Waals surface area contributed by atoms with Gasteiger partial charge in [0.25, 0.3) is 0 Å². The third-order valence-electron chi connectivity index (χ3n) is 3.56. The molecule has 2 fully saturated rings. The molecule has 15 heavy (non-hydrogen) atoms. The van der Waals surface area contributed by atoms with Crippen LogP contribution in [0.25, 0.3) is 0 Å². The van der Waals surface area contributed by atoms with Gasteiger partial charge in [0.1, 0.15) is 0 Å². The van der Waals surface area contributed by atoms with E-state index in [1.54, 1.807) is 0 Å².